The largest absolute Gasteiger partial charge is 0.490 e. The third-order valence-electron chi connectivity index (χ3n) is 2.16. The second-order valence-electron chi connectivity index (χ2n) is 3.18. The van der Waals surface area contributed by atoms with Crippen LogP contribution in [0, 0.1) is 0 Å². The molecule has 2 N–H and O–H groups in total. The summed E-state index contributed by atoms with van der Waals surface area (Å²) in [5.74, 6) is 1.94. The van der Waals surface area contributed by atoms with E-state index in [0.29, 0.717) is 23.9 Å². The molecule has 0 aliphatic heterocycles. The fourth-order valence-corrected chi connectivity index (χ4v) is 1.91. The Morgan fingerprint density at radius 3 is 2.82 bits per heavy atom. The summed E-state index contributed by atoms with van der Waals surface area (Å²) in [6.45, 7) is 0.668. The first-order chi connectivity index (χ1) is 8.35. The monoisotopic (exact) mass is 251 g/mol. The van der Waals surface area contributed by atoms with Crippen LogP contribution in [0.25, 0.3) is 0 Å². The molecule has 2 rings (SSSR count). The maximum atomic E-state index is 5.28. The lowest BCUT2D eigenvalue weighted by molar-refractivity contribution is 0.415. The summed E-state index contributed by atoms with van der Waals surface area (Å²) in [6, 6.07) is 0. The van der Waals surface area contributed by atoms with Gasteiger partial charge in [-0.3, -0.25) is 4.98 Å². The standard InChI is InChI=1S/C10H13N5OS/c1-11-9-8(16-2)10(15-5-14-9)13-4-7-3-12-6-17-7/h3,5-6H,4H2,1-2H3,(H2,11,13,14,15). The lowest BCUT2D eigenvalue weighted by Gasteiger charge is -2.11. The molecule has 0 aliphatic carbocycles. The quantitative estimate of drug-likeness (QED) is 0.841. The molecule has 6 nitrogen and oxygen atoms in total. The van der Waals surface area contributed by atoms with Gasteiger partial charge in [-0.1, -0.05) is 0 Å². The molecular weight excluding hydrogens is 238 g/mol. The second-order valence-corrected chi connectivity index (χ2v) is 4.15. The zero-order chi connectivity index (χ0) is 12.1. The summed E-state index contributed by atoms with van der Waals surface area (Å²) in [7, 11) is 3.38. The van der Waals surface area contributed by atoms with Gasteiger partial charge in [0.15, 0.2) is 11.6 Å². The van der Waals surface area contributed by atoms with E-state index in [1.807, 2.05) is 6.20 Å². The Morgan fingerprint density at radius 1 is 1.35 bits per heavy atom. The summed E-state index contributed by atoms with van der Waals surface area (Å²) < 4.78 is 5.28. The van der Waals surface area contributed by atoms with Crippen LogP contribution < -0.4 is 15.4 Å². The molecule has 2 aromatic rings. The normalized spacial score (nSPS) is 10.0. The van der Waals surface area contributed by atoms with Crippen molar-refractivity contribution in [3.63, 3.8) is 0 Å². The molecule has 17 heavy (non-hydrogen) atoms. The van der Waals surface area contributed by atoms with Gasteiger partial charge in [-0.15, -0.1) is 11.3 Å². The smallest absolute Gasteiger partial charge is 0.204 e. The fourth-order valence-electron chi connectivity index (χ4n) is 1.37. The number of nitrogens with one attached hydrogen (secondary N) is 2. The average Bonchev–Trinajstić information content (AvgIpc) is 2.88. The number of methoxy groups -OCH3 is 1. The third kappa shape index (κ3) is 2.62. The summed E-state index contributed by atoms with van der Waals surface area (Å²) in [6.07, 6.45) is 3.31. The first-order valence-corrected chi connectivity index (χ1v) is 5.91. The molecule has 0 amide bonds. The molecule has 0 aromatic carbocycles. The van der Waals surface area contributed by atoms with Gasteiger partial charge in [-0.05, 0) is 0 Å². The first kappa shape index (κ1) is 11.6. The minimum absolute atomic E-state index is 0.611. The van der Waals surface area contributed by atoms with Gasteiger partial charge in [0.1, 0.15) is 6.33 Å². The molecule has 0 bridgehead atoms. The molecule has 90 valence electrons. The van der Waals surface area contributed by atoms with Crippen molar-refractivity contribution in [2.24, 2.45) is 0 Å². The van der Waals surface area contributed by atoms with Crippen molar-refractivity contribution >= 4 is 23.0 Å². The van der Waals surface area contributed by atoms with Gasteiger partial charge in [0.2, 0.25) is 5.75 Å². The van der Waals surface area contributed by atoms with E-state index in [9.17, 15) is 0 Å². The van der Waals surface area contributed by atoms with Gasteiger partial charge in [0.25, 0.3) is 0 Å². The Hall–Kier alpha value is -1.89. The molecule has 0 radical (unpaired) electrons. The molecule has 0 spiro atoms. The highest BCUT2D eigenvalue weighted by Crippen LogP contribution is 2.28. The number of nitrogens with zero attached hydrogens (tertiary/aromatic N) is 3. The molecule has 0 aliphatic rings. The van der Waals surface area contributed by atoms with Gasteiger partial charge >= 0.3 is 0 Å². The molecule has 2 aromatic heterocycles. The van der Waals surface area contributed by atoms with Gasteiger partial charge in [0, 0.05) is 18.1 Å². The molecule has 0 saturated carbocycles. The summed E-state index contributed by atoms with van der Waals surface area (Å²) >= 11 is 1.59. The van der Waals surface area contributed by atoms with Crippen LogP contribution in [0.15, 0.2) is 18.0 Å². The zero-order valence-corrected chi connectivity index (χ0v) is 10.4. The number of hydrogen-bond donors (Lipinski definition) is 2. The number of hydrogen-bond acceptors (Lipinski definition) is 7. The van der Waals surface area contributed by atoms with E-state index in [1.165, 1.54) is 6.33 Å². The van der Waals surface area contributed by atoms with E-state index in [-0.39, 0.29) is 0 Å². The van der Waals surface area contributed by atoms with Gasteiger partial charge < -0.3 is 15.4 Å². The number of anilines is 2. The van der Waals surface area contributed by atoms with Crippen LogP contribution >= 0.6 is 11.3 Å². The zero-order valence-electron chi connectivity index (χ0n) is 9.60. The summed E-state index contributed by atoms with van der Waals surface area (Å²) in [5.41, 5.74) is 1.80. The van der Waals surface area contributed by atoms with Crippen molar-refractivity contribution in [3.05, 3.63) is 22.9 Å². The summed E-state index contributed by atoms with van der Waals surface area (Å²) in [4.78, 5) is 13.4. The highest BCUT2D eigenvalue weighted by Gasteiger charge is 2.10. The molecule has 0 saturated heterocycles. The number of ether oxygens (including phenoxy) is 1. The van der Waals surface area contributed by atoms with Crippen LogP contribution in [-0.4, -0.2) is 29.1 Å². The average molecular weight is 251 g/mol. The van der Waals surface area contributed by atoms with E-state index in [2.05, 4.69) is 25.6 Å². The Bertz CT molecular complexity index is 474. The third-order valence-corrected chi connectivity index (χ3v) is 2.94. The highest BCUT2D eigenvalue weighted by molar-refractivity contribution is 7.09. The van der Waals surface area contributed by atoms with E-state index in [1.54, 1.807) is 31.0 Å². The van der Waals surface area contributed by atoms with Crippen LogP contribution in [0.4, 0.5) is 11.6 Å². The lowest BCUT2D eigenvalue weighted by atomic mass is 10.4. The maximum Gasteiger partial charge on any atom is 0.204 e. The number of thiazole rings is 1. The second kappa shape index (κ2) is 5.44. The Kier molecular flexibility index (Phi) is 3.71. The molecule has 0 unspecified atom stereocenters. The minimum Gasteiger partial charge on any atom is -0.490 e. The SMILES string of the molecule is CNc1ncnc(NCc2cncs2)c1OC. The predicted molar refractivity (Wildman–Crippen MR) is 67.6 cm³/mol. The van der Waals surface area contributed by atoms with Crippen molar-refractivity contribution in [1.82, 2.24) is 15.0 Å². The van der Waals surface area contributed by atoms with Gasteiger partial charge in [-0.2, -0.15) is 0 Å². The van der Waals surface area contributed by atoms with Crippen molar-refractivity contribution in [3.8, 4) is 5.75 Å². The van der Waals surface area contributed by atoms with Crippen molar-refractivity contribution in [1.29, 1.82) is 0 Å². The minimum atomic E-state index is 0.611. The van der Waals surface area contributed by atoms with E-state index >= 15 is 0 Å². The van der Waals surface area contributed by atoms with E-state index in [4.69, 9.17) is 4.74 Å². The Balaban J connectivity index is 2.14. The van der Waals surface area contributed by atoms with Crippen LogP contribution in [0.1, 0.15) is 4.88 Å². The van der Waals surface area contributed by atoms with Crippen LogP contribution in [0.2, 0.25) is 0 Å². The van der Waals surface area contributed by atoms with Gasteiger partial charge in [-0.25, -0.2) is 9.97 Å². The molecule has 7 heteroatoms. The van der Waals surface area contributed by atoms with Crippen molar-refractivity contribution < 1.29 is 4.74 Å². The maximum absolute atomic E-state index is 5.28. The molecule has 0 atom stereocenters. The summed E-state index contributed by atoms with van der Waals surface area (Å²) in [5, 5.41) is 6.15. The van der Waals surface area contributed by atoms with Gasteiger partial charge in [0.05, 0.1) is 19.2 Å². The molecule has 0 fully saturated rings. The molecular formula is C10H13N5OS. The van der Waals surface area contributed by atoms with Crippen LogP contribution in [-0.2, 0) is 6.54 Å². The Morgan fingerprint density at radius 2 is 2.18 bits per heavy atom. The van der Waals surface area contributed by atoms with E-state index < -0.39 is 0 Å². The number of rotatable bonds is 5. The topological polar surface area (TPSA) is 72.0 Å². The highest BCUT2D eigenvalue weighted by atomic mass is 32.1. The van der Waals surface area contributed by atoms with Crippen molar-refractivity contribution in [2.45, 2.75) is 6.54 Å². The van der Waals surface area contributed by atoms with Crippen molar-refractivity contribution in [2.75, 3.05) is 24.8 Å². The fraction of sp³-hybridized carbons (Fsp3) is 0.300. The van der Waals surface area contributed by atoms with E-state index in [0.717, 1.165) is 4.88 Å². The molecule has 2 heterocycles. The first-order valence-electron chi connectivity index (χ1n) is 5.03. The Labute approximate surface area is 103 Å². The lowest BCUT2D eigenvalue weighted by Crippen LogP contribution is -2.05. The predicted octanol–water partition coefficient (Wildman–Crippen LogP) is 1.60. The number of aromatic nitrogens is 3. The van der Waals surface area contributed by atoms with Crippen LogP contribution in [0.3, 0.4) is 0 Å². The van der Waals surface area contributed by atoms with Crippen LogP contribution in [0.5, 0.6) is 5.75 Å².